The molecule has 6 heteroatoms. The Morgan fingerprint density at radius 1 is 1.24 bits per heavy atom. The number of aliphatic hydroxyl groups is 1. The summed E-state index contributed by atoms with van der Waals surface area (Å²) in [7, 11) is 1.72. The SMILES string of the molecule is C[C@@H]1CC(=O)/C(=C(\O)CCCC(=O)N(C)Cc2ccccc2)C(=O)O1. The number of esters is 1. The van der Waals surface area contributed by atoms with Gasteiger partial charge in [0.15, 0.2) is 5.78 Å². The summed E-state index contributed by atoms with van der Waals surface area (Å²) in [5.74, 6) is -1.55. The van der Waals surface area contributed by atoms with Gasteiger partial charge in [0.2, 0.25) is 5.91 Å². The molecule has 2 rings (SSSR count). The van der Waals surface area contributed by atoms with Gasteiger partial charge in [-0.1, -0.05) is 30.3 Å². The molecule has 0 saturated carbocycles. The number of Topliss-reactive ketones (excluding diaryl/α,β-unsaturated/α-hetero) is 1. The van der Waals surface area contributed by atoms with Crippen molar-refractivity contribution in [2.45, 2.75) is 45.3 Å². The molecule has 1 atom stereocenters. The number of aliphatic hydroxyl groups excluding tert-OH is 1. The first kappa shape index (κ1) is 18.7. The van der Waals surface area contributed by atoms with Crippen LogP contribution in [0.3, 0.4) is 0 Å². The zero-order valence-corrected chi connectivity index (χ0v) is 14.5. The minimum Gasteiger partial charge on any atom is -0.511 e. The van der Waals surface area contributed by atoms with E-state index in [1.54, 1.807) is 18.9 Å². The number of amides is 1. The molecule has 1 fully saturated rings. The van der Waals surface area contributed by atoms with Gasteiger partial charge in [0.25, 0.3) is 0 Å². The van der Waals surface area contributed by atoms with Gasteiger partial charge in [-0.2, -0.15) is 0 Å². The van der Waals surface area contributed by atoms with E-state index in [9.17, 15) is 19.5 Å². The second-order valence-corrected chi connectivity index (χ2v) is 6.25. The van der Waals surface area contributed by atoms with Crippen molar-refractivity contribution in [3.63, 3.8) is 0 Å². The van der Waals surface area contributed by atoms with Crippen LogP contribution in [-0.2, 0) is 25.7 Å². The summed E-state index contributed by atoms with van der Waals surface area (Å²) in [6, 6.07) is 9.64. The molecule has 0 aliphatic carbocycles. The van der Waals surface area contributed by atoms with Crippen LogP contribution in [0.2, 0.25) is 0 Å². The molecule has 0 bridgehead atoms. The van der Waals surface area contributed by atoms with Gasteiger partial charge in [0.1, 0.15) is 17.4 Å². The number of allylic oxidation sites excluding steroid dienone is 1. The van der Waals surface area contributed by atoms with Crippen molar-refractivity contribution in [3.05, 3.63) is 47.2 Å². The lowest BCUT2D eigenvalue weighted by Crippen LogP contribution is -2.31. The summed E-state index contributed by atoms with van der Waals surface area (Å²) in [5, 5.41) is 10.0. The number of ketones is 1. The van der Waals surface area contributed by atoms with E-state index in [1.165, 1.54) is 0 Å². The Hall–Kier alpha value is -2.63. The molecule has 1 aromatic rings. The third kappa shape index (κ3) is 5.17. The van der Waals surface area contributed by atoms with Crippen molar-refractivity contribution < 1.29 is 24.2 Å². The van der Waals surface area contributed by atoms with Gasteiger partial charge in [-0.15, -0.1) is 0 Å². The van der Waals surface area contributed by atoms with Crippen molar-refractivity contribution in [1.82, 2.24) is 4.90 Å². The molecule has 1 aliphatic heterocycles. The van der Waals surface area contributed by atoms with Crippen molar-refractivity contribution in [2.75, 3.05) is 7.05 Å². The molecule has 0 aromatic heterocycles. The summed E-state index contributed by atoms with van der Waals surface area (Å²) in [5.41, 5.74) is 0.760. The first-order chi connectivity index (χ1) is 11.9. The molecule has 0 radical (unpaired) electrons. The fourth-order valence-electron chi connectivity index (χ4n) is 2.71. The Bertz CT molecular complexity index is 660. The summed E-state index contributed by atoms with van der Waals surface area (Å²) in [4.78, 5) is 37.4. The second-order valence-electron chi connectivity index (χ2n) is 6.25. The molecule has 1 aromatic carbocycles. The van der Waals surface area contributed by atoms with Gasteiger partial charge in [-0.25, -0.2) is 4.79 Å². The highest BCUT2D eigenvalue weighted by Crippen LogP contribution is 2.21. The average molecular weight is 345 g/mol. The Morgan fingerprint density at radius 2 is 1.92 bits per heavy atom. The normalized spacial score (nSPS) is 19.4. The van der Waals surface area contributed by atoms with E-state index in [0.717, 1.165) is 5.56 Å². The topological polar surface area (TPSA) is 83.9 Å². The molecule has 25 heavy (non-hydrogen) atoms. The first-order valence-electron chi connectivity index (χ1n) is 8.32. The summed E-state index contributed by atoms with van der Waals surface area (Å²) < 4.78 is 4.97. The maximum atomic E-state index is 12.1. The number of nitrogens with zero attached hydrogens (tertiary/aromatic N) is 1. The highest BCUT2D eigenvalue weighted by atomic mass is 16.5. The van der Waals surface area contributed by atoms with Crippen LogP contribution in [0.25, 0.3) is 0 Å². The fourth-order valence-corrected chi connectivity index (χ4v) is 2.71. The summed E-state index contributed by atoms with van der Waals surface area (Å²) in [6.07, 6.45) is 0.271. The number of carbonyl (C=O) groups excluding carboxylic acids is 3. The molecule has 6 nitrogen and oxygen atoms in total. The fraction of sp³-hybridized carbons (Fsp3) is 0.421. The lowest BCUT2D eigenvalue weighted by atomic mass is 9.99. The Kier molecular flexibility index (Phi) is 6.33. The lowest BCUT2D eigenvalue weighted by Gasteiger charge is -2.20. The van der Waals surface area contributed by atoms with Crippen LogP contribution in [0.4, 0.5) is 0 Å². The van der Waals surface area contributed by atoms with Gasteiger partial charge in [-0.3, -0.25) is 9.59 Å². The molecule has 1 saturated heterocycles. The van der Waals surface area contributed by atoms with Crippen LogP contribution < -0.4 is 0 Å². The quantitative estimate of drug-likeness (QED) is 0.371. The monoisotopic (exact) mass is 345 g/mol. The minimum atomic E-state index is -0.784. The Labute approximate surface area is 147 Å². The number of rotatable bonds is 6. The molecule has 1 N–H and O–H groups in total. The van der Waals surface area contributed by atoms with Crippen LogP contribution in [0.5, 0.6) is 0 Å². The Morgan fingerprint density at radius 3 is 2.56 bits per heavy atom. The zero-order chi connectivity index (χ0) is 18.4. The number of cyclic esters (lactones) is 1. The van der Waals surface area contributed by atoms with Crippen molar-refractivity contribution in [1.29, 1.82) is 0 Å². The van der Waals surface area contributed by atoms with Crippen LogP contribution in [0.15, 0.2) is 41.7 Å². The van der Waals surface area contributed by atoms with E-state index < -0.39 is 17.9 Å². The minimum absolute atomic E-state index is 0.0622. The predicted octanol–water partition coefficient (Wildman–Crippen LogP) is 2.53. The highest BCUT2D eigenvalue weighted by Gasteiger charge is 2.32. The van der Waals surface area contributed by atoms with E-state index in [1.807, 2.05) is 30.3 Å². The Balaban J connectivity index is 1.85. The molecule has 1 aliphatic rings. The number of hydrogen-bond acceptors (Lipinski definition) is 5. The van der Waals surface area contributed by atoms with Gasteiger partial charge in [0.05, 0.1) is 0 Å². The molecular weight excluding hydrogens is 322 g/mol. The molecule has 0 spiro atoms. The molecule has 0 unspecified atom stereocenters. The average Bonchev–Trinajstić information content (AvgIpc) is 2.54. The van der Waals surface area contributed by atoms with Crippen LogP contribution in [0, 0.1) is 0 Å². The summed E-state index contributed by atoms with van der Waals surface area (Å²) in [6.45, 7) is 2.14. The standard InChI is InChI=1S/C19H23NO5/c1-13-11-16(22)18(19(24)25-13)15(21)9-6-10-17(23)20(2)12-14-7-4-3-5-8-14/h3-5,7-8,13,21H,6,9-12H2,1-2H3/b18-15+/t13-/m1/s1. The zero-order valence-electron chi connectivity index (χ0n) is 14.5. The van der Waals surface area contributed by atoms with Crippen LogP contribution in [0.1, 0.15) is 38.2 Å². The van der Waals surface area contributed by atoms with Gasteiger partial charge in [-0.05, 0) is 18.9 Å². The largest absolute Gasteiger partial charge is 0.511 e. The van der Waals surface area contributed by atoms with E-state index >= 15 is 0 Å². The molecular formula is C19H23NO5. The number of ether oxygens (including phenoxy) is 1. The van der Waals surface area contributed by atoms with Gasteiger partial charge >= 0.3 is 5.97 Å². The van der Waals surface area contributed by atoms with Crippen LogP contribution in [-0.4, -0.2) is 40.8 Å². The summed E-state index contributed by atoms with van der Waals surface area (Å²) >= 11 is 0. The van der Waals surface area contributed by atoms with E-state index in [4.69, 9.17) is 4.74 Å². The third-order valence-corrected chi connectivity index (χ3v) is 4.05. The van der Waals surface area contributed by atoms with Gasteiger partial charge < -0.3 is 14.7 Å². The number of benzene rings is 1. The number of carbonyl (C=O) groups is 3. The maximum Gasteiger partial charge on any atom is 0.345 e. The van der Waals surface area contributed by atoms with Crippen molar-refractivity contribution in [3.8, 4) is 0 Å². The predicted molar refractivity (Wildman–Crippen MR) is 91.6 cm³/mol. The smallest absolute Gasteiger partial charge is 0.345 e. The first-order valence-corrected chi connectivity index (χ1v) is 8.32. The van der Waals surface area contributed by atoms with E-state index in [2.05, 4.69) is 0 Å². The highest BCUT2D eigenvalue weighted by molar-refractivity contribution is 6.19. The van der Waals surface area contributed by atoms with Crippen molar-refractivity contribution >= 4 is 17.7 Å². The molecule has 1 amide bonds. The third-order valence-electron chi connectivity index (χ3n) is 4.05. The lowest BCUT2D eigenvalue weighted by molar-refractivity contribution is -0.150. The van der Waals surface area contributed by atoms with Gasteiger partial charge in [0, 0.05) is 32.9 Å². The maximum absolute atomic E-state index is 12.1. The van der Waals surface area contributed by atoms with Crippen LogP contribution >= 0.6 is 0 Å². The number of hydrogen-bond donors (Lipinski definition) is 1. The van der Waals surface area contributed by atoms with E-state index in [-0.39, 0.29) is 36.5 Å². The molecule has 134 valence electrons. The second kappa shape index (κ2) is 8.46. The van der Waals surface area contributed by atoms with E-state index in [0.29, 0.717) is 13.0 Å². The molecule has 1 heterocycles. The van der Waals surface area contributed by atoms with Crippen molar-refractivity contribution in [2.24, 2.45) is 0 Å².